The van der Waals surface area contributed by atoms with E-state index in [0.717, 1.165) is 12.8 Å². The Hall–Kier alpha value is -2.06. The summed E-state index contributed by atoms with van der Waals surface area (Å²) in [6.07, 6.45) is 2.96. The highest BCUT2D eigenvalue weighted by Crippen LogP contribution is 2.35. The number of nitrogens with zero attached hydrogens (tertiary/aromatic N) is 2. The molecule has 0 saturated carbocycles. The van der Waals surface area contributed by atoms with Crippen LogP contribution < -0.4 is 4.74 Å². The molecule has 1 aromatic carbocycles. The summed E-state index contributed by atoms with van der Waals surface area (Å²) in [5, 5.41) is 18.8. The molecule has 0 spiro atoms. The first-order valence-electron chi connectivity index (χ1n) is 7.30. The highest BCUT2D eigenvalue weighted by Gasteiger charge is 2.42. The number of piperidine rings is 1. The molecule has 2 saturated heterocycles. The number of rotatable bonds is 3. The van der Waals surface area contributed by atoms with Crippen molar-refractivity contribution in [2.45, 2.75) is 43.9 Å². The molecule has 3 rings (SSSR count). The van der Waals surface area contributed by atoms with Crippen LogP contribution in [-0.4, -0.2) is 40.7 Å². The summed E-state index contributed by atoms with van der Waals surface area (Å²) in [5.74, 6) is 0.389. The minimum atomic E-state index is -0.285. The third kappa shape index (κ3) is 2.72. The number of hydrogen-bond donors (Lipinski definition) is 1. The quantitative estimate of drug-likeness (QED) is 0.912. The molecule has 1 N–H and O–H groups in total. The molecule has 110 valence electrons. The van der Waals surface area contributed by atoms with Crippen LogP contribution in [0.2, 0.25) is 0 Å². The van der Waals surface area contributed by atoms with Crippen molar-refractivity contribution >= 4 is 5.91 Å². The summed E-state index contributed by atoms with van der Waals surface area (Å²) in [7, 11) is 0. The topological polar surface area (TPSA) is 73.6 Å². The Kier molecular flexibility index (Phi) is 3.80. The zero-order chi connectivity index (χ0) is 14.8. The van der Waals surface area contributed by atoms with Gasteiger partial charge >= 0.3 is 0 Å². The molecule has 1 aromatic rings. The molecule has 2 unspecified atom stereocenters. The first-order chi connectivity index (χ1) is 10.2. The number of nitriles is 1. The van der Waals surface area contributed by atoms with Gasteiger partial charge in [-0.15, -0.1) is 0 Å². The van der Waals surface area contributed by atoms with Crippen molar-refractivity contribution in [3.63, 3.8) is 0 Å². The molecule has 2 aliphatic heterocycles. The number of carbonyl (C=O) groups is 1. The van der Waals surface area contributed by atoms with Crippen LogP contribution in [0.4, 0.5) is 0 Å². The number of amides is 1. The van der Waals surface area contributed by atoms with Crippen LogP contribution >= 0.6 is 0 Å². The standard InChI is InChI=1S/C16H18N2O3/c17-9-11-3-1-2-4-15(11)21-10-16(20)18-12-5-6-13(18)8-14(19)7-12/h1-4,12-14,19H,5-8,10H2. The molecule has 2 bridgehead atoms. The van der Waals surface area contributed by atoms with E-state index in [-0.39, 0.29) is 30.7 Å². The van der Waals surface area contributed by atoms with Gasteiger partial charge in [-0.3, -0.25) is 4.79 Å². The lowest BCUT2D eigenvalue weighted by atomic mass is 10.00. The van der Waals surface area contributed by atoms with E-state index in [4.69, 9.17) is 10.00 Å². The molecule has 0 radical (unpaired) electrons. The van der Waals surface area contributed by atoms with Crippen molar-refractivity contribution in [3.8, 4) is 11.8 Å². The van der Waals surface area contributed by atoms with Crippen molar-refractivity contribution in [1.29, 1.82) is 5.26 Å². The SMILES string of the molecule is N#Cc1ccccc1OCC(=O)N1C2CCC1CC(O)C2. The average Bonchev–Trinajstić information content (AvgIpc) is 2.77. The van der Waals surface area contributed by atoms with Crippen LogP contribution in [-0.2, 0) is 4.79 Å². The maximum Gasteiger partial charge on any atom is 0.261 e. The molecule has 5 nitrogen and oxygen atoms in total. The van der Waals surface area contributed by atoms with Crippen LogP contribution in [0.25, 0.3) is 0 Å². The van der Waals surface area contributed by atoms with Crippen molar-refractivity contribution in [1.82, 2.24) is 4.90 Å². The number of carbonyl (C=O) groups excluding carboxylic acids is 1. The molecule has 2 heterocycles. The predicted molar refractivity (Wildman–Crippen MR) is 75.5 cm³/mol. The number of aliphatic hydroxyl groups excluding tert-OH is 1. The molecule has 21 heavy (non-hydrogen) atoms. The van der Waals surface area contributed by atoms with E-state index < -0.39 is 0 Å². The van der Waals surface area contributed by atoms with Gasteiger partial charge in [-0.05, 0) is 37.8 Å². The zero-order valence-corrected chi connectivity index (χ0v) is 11.7. The van der Waals surface area contributed by atoms with E-state index in [9.17, 15) is 9.90 Å². The normalized spacial score (nSPS) is 27.2. The van der Waals surface area contributed by atoms with Gasteiger partial charge in [0.05, 0.1) is 11.7 Å². The highest BCUT2D eigenvalue weighted by molar-refractivity contribution is 5.79. The van der Waals surface area contributed by atoms with Crippen molar-refractivity contribution in [2.75, 3.05) is 6.61 Å². The fourth-order valence-corrected chi connectivity index (χ4v) is 3.45. The molecule has 2 atom stereocenters. The Labute approximate surface area is 123 Å². The third-order valence-corrected chi connectivity index (χ3v) is 4.35. The molecule has 0 aromatic heterocycles. The Morgan fingerprint density at radius 1 is 1.33 bits per heavy atom. The zero-order valence-electron chi connectivity index (χ0n) is 11.7. The number of para-hydroxylation sites is 1. The molecular weight excluding hydrogens is 268 g/mol. The van der Waals surface area contributed by atoms with Crippen molar-refractivity contribution in [3.05, 3.63) is 29.8 Å². The number of benzene rings is 1. The minimum absolute atomic E-state index is 0.0536. The second-order valence-electron chi connectivity index (χ2n) is 5.71. The Morgan fingerprint density at radius 2 is 2.00 bits per heavy atom. The molecule has 0 aliphatic carbocycles. The smallest absolute Gasteiger partial charge is 0.261 e. The van der Waals surface area contributed by atoms with Crippen LogP contribution in [0.3, 0.4) is 0 Å². The van der Waals surface area contributed by atoms with Gasteiger partial charge < -0.3 is 14.7 Å². The van der Waals surface area contributed by atoms with E-state index in [0.29, 0.717) is 24.2 Å². The fraction of sp³-hybridized carbons (Fsp3) is 0.500. The Morgan fingerprint density at radius 3 is 2.67 bits per heavy atom. The second-order valence-corrected chi connectivity index (χ2v) is 5.71. The molecule has 5 heteroatoms. The van der Waals surface area contributed by atoms with E-state index in [1.54, 1.807) is 24.3 Å². The second kappa shape index (κ2) is 5.74. The average molecular weight is 286 g/mol. The minimum Gasteiger partial charge on any atom is -0.482 e. The number of aliphatic hydroxyl groups is 1. The maximum absolute atomic E-state index is 12.4. The van der Waals surface area contributed by atoms with Gasteiger partial charge in [0.2, 0.25) is 0 Å². The Bertz CT molecular complexity index is 567. The van der Waals surface area contributed by atoms with E-state index in [1.807, 2.05) is 4.90 Å². The fourth-order valence-electron chi connectivity index (χ4n) is 3.45. The van der Waals surface area contributed by atoms with E-state index in [1.165, 1.54) is 0 Å². The molecule has 2 fully saturated rings. The summed E-state index contributed by atoms with van der Waals surface area (Å²) >= 11 is 0. The highest BCUT2D eigenvalue weighted by atomic mass is 16.5. The van der Waals surface area contributed by atoms with Gasteiger partial charge in [-0.25, -0.2) is 0 Å². The molecule has 2 aliphatic rings. The number of fused-ring (bicyclic) bond motifs is 2. The molecular formula is C16H18N2O3. The summed E-state index contributed by atoms with van der Waals surface area (Å²) in [6, 6.07) is 9.24. The summed E-state index contributed by atoms with van der Waals surface area (Å²) in [5.41, 5.74) is 0.433. The predicted octanol–water partition coefficient (Wildman–Crippen LogP) is 1.45. The van der Waals surface area contributed by atoms with Gasteiger partial charge in [0.1, 0.15) is 11.8 Å². The maximum atomic E-state index is 12.4. The van der Waals surface area contributed by atoms with Crippen LogP contribution in [0.5, 0.6) is 5.75 Å². The Balaban J connectivity index is 1.64. The lowest BCUT2D eigenvalue weighted by molar-refractivity contribution is -0.139. The third-order valence-electron chi connectivity index (χ3n) is 4.35. The lowest BCUT2D eigenvalue weighted by Gasteiger charge is -2.37. The van der Waals surface area contributed by atoms with E-state index >= 15 is 0 Å². The number of ether oxygens (including phenoxy) is 1. The summed E-state index contributed by atoms with van der Waals surface area (Å²) in [4.78, 5) is 14.3. The largest absolute Gasteiger partial charge is 0.482 e. The van der Waals surface area contributed by atoms with Crippen LogP contribution in [0.1, 0.15) is 31.2 Å². The summed E-state index contributed by atoms with van der Waals surface area (Å²) < 4.78 is 5.52. The van der Waals surface area contributed by atoms with E-state index in [2.05, 4.69) is 6.07 Å². The van der Waals surface area contributed by atoms with Gasteiger partial charge in [0, 0.05) is 12.1 Å². The number of hydrogen-bond acceptors (Lipinski definition) is 4. The molecule has 1 amide bonds. The van der Waals surface area contributed by atoms with Crippen LogP contribution in [0.15, 0.2) is 24.3 Å². The van der Waals surface area contributed by atoms with Gasteiger partial charge in [-0.1, -0.05) is 12.1 Å². The van der Waals surface area contributed by atoms with Crippen molar-refractivity contribution in [2.24, 2.45) is 0 Å². The van der Waals surface area contributed by atoms with Gasteiger partial charge in [0.15, 0.2) is 6.61 Å². The first-order valence-corrected chi connectivity index (χ1v) is 7.30. The summed E-state index contributed by atoms with van der Waals surface area (Å²) in [6.45, 7) is -0.0538. The van der Waals surface area contributed by atoms with Crippen LogP contribution in [0, 0.1) is 11.3 Å². The lowest BCUT2D eigenvalue weighted by Crippen LogP contribution is -2.49. The van der Waals surface area contributed by atoms with Crippen molar-refractivity contribution < 1.29 is 14.6 Å². The monoisotopic (exact) mass is 286 g/mol. The van der Waals surface area contributed by atoms with Gasteiger partial charge in [0.25, 0.3) is 5.91 Å². The first kappa shape index (κ1) is 13.9. The van der Waals surface area contributed by atoms with Gasteiger partial charge in [-0.2, -0.15) is 5.26 Å².